The Balaban J connectivity index is 1.83. The quantitative estimate of drug-likeness (QED) is 0.891. The standard InChI is InChI=1S/C17H24F3N3O/c1-14-7-8-22(16(24)11-21-13-17(18,19)20)9-10-23(14)12-15-5-3-2-4-6-15/h2-6,14,21H,7-13H2,1H3/t14-/m1/s1. The van der Waals surface area contributed by atoms with E-state index >= 15 is 0 Å². The topological polar surface area (TPSA) is 35.6 Å². The summed E-state index contributed by atoms with van der Waals surface area (Å²) >= 11 is 0. The van der Waals surface area contributed by atoms with Crippen molar-refractivity contribution in [3.63, 3.8) is 0 Å². The average Bonchev–Trinajstić information content (AvgIpc) is 2.70. The Morgan fingerprint density at radius 2 is 1.92 bits per heavy atom. The molecule has 1 aromatic rings. The van der Waals surface area contributed by atoms with Gasteiger partial charge in [-0.25, -0.2) is 0 Å². The largest absolute Gasteiger partial charge is 0.401 e. The lowest BCUT2D eigenvalue weighted by molar-refractivity contribution is -0.134. The van der Waals surface area contributed by atoms with Gasteiger partial charge in [0.15, 0.2) is 0 Å². The van der Waals surface area contributed by atoms with Crippen LogP contribution in [0, 0.1) is 0 Å². The van der Waals surface area contributed by atoms with Crippen molar-refractivity contribution in [3.05, 3.63) is 35.9 Å². The number of carbonyl (C=O) groups is 1. The maximum Gasteiger partial charge on any atom is 0.401 e. The summed E-state index contributed by atoms with van der Waals surface area (Å²) in [4.78, 5) is 16.1. The maximum atomic E-state index is 12.1. The van der Waals surface area contributed by atoms with Gasteiger partial charge in [-0.05, 0) is 18.9 Å². The van der Waals surface area contributed by atoms with Crippen LogP contribution in [0.5, 0.6) is 0 Å². The molecule has 1 saturated heterocycles. The van der Waals surface area contributed by atoms with Gasteiger partial charge in [-0.15, -0.1) is 0 Å². The molecule has 0 aromatic heterocycles. The zero-order chi connectivity index (χ0) is 17.6. The highest BCUT2D eigenvalue weighted by atomic mass is 19.4. The summed E-state index contributed by atoms with van der Waals surface area (Å²) in [7, 11) is 0. The third-order valence-electron chi connectivity index (χ3n) is 4.28. The van der Waals surface area contributed by atoms with Crippen LogP contribution in [0.25, 0.3) is 0 Å². The van der Waals surface area contributed by atoms with Gasteiger partial charge >= 0.3 is 6.18 Å². The molecule has 1 aliphatic heterocycles. The minimum atomic E-state index is -4.29. The van der Waals surface area contributed by atoms with Gasteiger partial charge in [0.1, 0.15) is 0 Å². The number of alkyl halides is 3. The Bertz CT molecular complexity index is 522. The monoisotopic (exact) mass is 343 g/mol. The maximum absolute atomic E-state index is 12.1. The Labute approximate surface area is 140 Å². The van der Waals surface area contributed by atoms with Crippen molar-refractivity contribution in [3.8, 4) is 0 Å². The predicted octanol–water partition coefficient (Wildman–Crippen LogP) is 2.26. The molecular weight excluding hydrogens is 319 g/mol. The first-order chi connectivity index (χ1) is 11.3. The van der Waals surface area contributed by atoms with Crippen LogP contribution in [0.15, 0.2) is 30.3 Å². The molecule has 1 aromatic carbocycles. The molecule has 4 nitrogen and oxygen atoms in total. The molecular formula is C17H24F3N3O. The summed E-state index contributed by atoms with van der Waals surface area (Å²) in [6.45, 7) is 3.38. The summed E-state index contributed by atoms with van der Waals surface area (Å²) in [6, 6.07) is 10.4. The van der Waals surface area contributed by atoms with Gasteiger partial charge in [-0.1, -0.05) is 30.3 Å². The second kappa shape index (κ2) is 8.48. The second-order valence-electron chi connectivity index (χ2n) is 6.19. The number of nitrogens with one attached hydrogen (secondary N) is 1. The number of carbonyl (C=O) groups excluding carboxylic acids is 1. The smallest absolute Gasteiger partial charge is 0.340 e. The average molecular weight is 343 g/mol. The molecule has 0 radical (unpaired) electrons. The van der Waals surface area contributed by atoms with Gasteiger partial charge in [0, 0.05) is 32.2 Å². The van der Waals surface area contributed by atoms with Gasteiger partial charge in [0.2, 0.25) is 5.91 Å². The minimum absolute atomic E-state index is 0.270. The number of amides is 1. The van der Waals surface area contributed by atoms with Crippen LogP contribution in [0.2, 0.25) is 0 Å². The van der Waals surface area contributed by atoms with E-state index in [9.17, 15) is 18.0 Å². The van der Waals surface area contributed by atoms with E-state index in [2.05, 4.69) is 29.3 Å². The highest BCUT2D eigenvalue weighted by molar-refractivity contribution is 5.78. The third kappa shape index (κ3) is 6.13. The van der Waals surface area contributed by atoms with Crippen molar-refractivity contribution in [2.75, 3.05) is 32.7 Å². The summed E-state index contributed by atoms with van der Waals surface area (Å²) < 4.78 is 36.4. The first-order valence-electron chi connectivity index (χ1n) is 8.18. The van der Waals surface area contributed by atoms with Crippen molar-refractivity contribution in [2.45, 2.75) is 32.1 Å². The number of nitrogens with zero attached hydrogens (tertiary/aromatic N) is 2. The number of rotatable bonds is 5. The second-order valence-corrected chi connectivity index (χ2v) is 6.19. The Hall–Kier alpha value is -1.60. The number of hydrogen-bond acceptors (Lipinski definition) is 3. The van der Waals surface area contributed by atoms with E-state index in [1.807, 2.05) is 18.2 Å². The molecule has 1 heterocycles. The van der Waals surface area contributed by atoms with Gasteiger partial charge in [-0.3, -0.25) is 9.69 Å². The summed E-state index contributed by atoms with van der Waals surface area (Å²) in [5, 5.41) is 2.18. The molecule has 0 saturated carbocycles. The molecule has 1 atom stereocenters. The first kappa shape index (κ1) is 18.7. The molecule has 24 heavy (non-hydrogen) atoms. The van der Waals surface area contributed by atoms with E-state index < -0.39 is 12.7 Å². The summed E-state index contributed by atoms with van der Waals surface area (Å²) in [6.07, 6.45) is -3.47. The van der Waals surface area contributed by atoms with Crippen molar-refractivity contribution < 1.29 is 18.0 Å². The highest BCUT2D eigenvalue weighted by Crippen LogP contribution is 2.15. The van der Waals surface area contributed by atoms with Crippen LogP contribution in [0.4, 0.5) is 13.2 Å². The fraction of sp³-hybridized carbons (Fsp3) is 0.588. The van der Waals surface area contributed by atoms with Crippen LogP contribution < -0.4 is 5.32 Å². The van der Waals surface area contributed by atoms with Gasteiger partial charge < -0.3 is 10.2 Å². The zero-order valence-electron chi connectivity index (χ0n) is 13.9. The van der Waals surface area contributed by atoms with Crippen molar-refractivity contribution in [1.29, 1.82) is 0 Å². The molecule has 1 N–H and O–H groups in total. The van der Waals surface area contributed by atoms with E-state index in [0.29, 0.717) is 19.1 Å². The Morgan fingerprint density at radius 3 is 2.58 bits per heavy atom. The van der Waals surface area contributed by atoms with Crippen LogP contribution >= 0.6 is 0 Å². The van der Waals surface area contributed by atoms with E-state index in [1.54, 1.807) is 4.90 Å². The van der Waals surface area contributed by atoms with E-state index in [1.165, 1.54) is 5.56 Å². The first-order valence-corrected chi connectivity index (χ1v) is 8.18. The lowest BCUT2D eigenvalue weighted by atomic mass is 10.1. The van der Waals surface area contributed by atoms with Crippen LogP contribution in [-0.4, -0.2) is 60.6 Å². The fourth-order valence-corrected chi connectivity index (χ4v) is 2.83. The lowest BCUT2D eigenvalue weighted by Gasteiger charge is -2.26. The molecule has 0 bridgehead atoms. The Kier molecular flexibility index (Phi) is 6.62. The Morgan fingerprint density at radius 1 is 1.21 bits per heavy atom. The molecule has 7 heteroatoms. The van der Waals surface area contributed by atoms with Crippen LogP contribution in [-0.2, 0) is 11.3 Å². The van der Waals surface area contributed by atoms with E-state index in [4.69, 9.17) is 0 Å². The van der Waals surface area contributed by atoms with Crippen LogP contribution in [0.1, 0.15) is 18.9 Å². The lowest BCUT2D eigenvalue weighted by Crippen LogP contribution is -2.42. The number of hydrogen-bond donors (Lipinski definition) is 1. The molecule has 1 aliphatic rings. The van der Waals surface area contributed by atoms with Crippen molar-refractivity contribution >= 4 is 5.91 Å². The molecule has 134 valence electrons. The number of benzene rings is 1. The van der Waals surface area contributed by atoms with Crippen molar-refractivity contribution in [2.24, 2.45) is 0 Å². The molecule has 0 spiro atoms. The van der Waals surface area contributed by atoms with Gasteiger partial charge in [-0.2, -0.15) is 13.2 Å². The van der Waals surface area contributed by atoms with Crippen LogP contribution in [0.3, 0.4) is 0 Å². The molecule has 1 amide bonds. The minimum Gasteiger partial charge on any atom is -0.340 e. The van der Waals surface area contributed by atoms with Crippen molar-refractivity contribution in [1.82, 2.24) is 15.1 Å². The van der Waals surface area contributed by atoms with E-state index in [0.717, 1.165) is 19.5 Å². The SMILES string of the molecule is C[C@@H]1CCN(C(=O)CNCC(F)(F)F)CCN1Cc1ccccc1. The zero-order valence-corrected chi connectivity index (χ0v) is 13.9. The fourth-order valence-electron chi connectivity index (χ4n) is 2.83. The highest BCUT2D eigenvalue weighted by Gasteiger charge is 2.28. The molecule has 2 rings (SSSR count). The third-order valence-corrected chi connectivity index (χ3v) is 4.28. The summed E-state index contributed by atoms with van der Waals surface area (Å²) in [5.41, 5.74) is 1.22. The molecule has 0 unspecified atom stereocenters. The van der Waals surface area contributed by atoms with Gasteiger partial charge in [0.25, 0.3) is 0 Å². The summed E-state index contributed by atoms with van der Waals surface area (Å²) in [5.74, 6) is -0.270. The van der Waals surface area contributed by atoms with E-state index in [-0.39, 0.29) is 12.5 Å². The molecule has 1 fully saturated rings. The predicted molar refractivity (Wildman–Crippen MR) is 86.4 cm³/mol. The normalized spacial score (nSPS) is 20.0. The number of halogens is 3. The molecule has 0 aliphatic carbocycles. The van der Waals surface area contributed by atoms with Gasteiger partial charge in [0.05, 0.1) is 13.1 Å².